The molecule has 3 N–H and O–H groups in total. The highest BCUT2D eigenvalue weighted by Crippen LogP contribution is 2.28. The van der Waals surface area contributed by atoms with Gasteiger partial charge in [-0.25, -0.2) is 4.79 Å². The van der Waals surface area contributed by atoms with Crippen molar-refractivity contribution in [3.8, 4) is 0 Å². The molecule has 1 aliphatic rings. The average molecular weight is 322 g/mol. The molecule has 0 spiro atoms. The first-order chi connectivity index (χ1) is 10.8. The first-order valence-electron chi connectivity index (χ1n) is 7.01. The minimum atomic E-state index is -2.15. The third kappa shape index (κ3) is 3.76. The molecule has 4 atom stereocenters. The van der Waals surface area contributed by atoms with E-state index in [1.807, 2.05) is 0 Å². The summed E-state index contributed by atoms with van der Waals surface area (Å²) in [5, 5.41) is 30.5. The van der Waals surface area contributed by atoms with Crippen molar-refractivity contribution in [2.75, 3.05) is 6.61 Å². The zero-order valence-corrected chi connectivity index (χ0v) is 12.5. The van der Waals surface area contributed by atoms with E-state index in [1.54, 1.807) is 18.2 Å². The molecular formula is C16H18O7. The fourth-order valence-electron chi connectivity index (χ4n) is 2.31. The predicted octanol–water partition coefficient (Wildman–Crippen LogP) is -0.202. The smallest absolute Gasteiger partial charge is 0.338 e. The van der Waals surface area contributed by atoms with E-state index >= 15 is 0 Å². The van der Waals surface area contributed by atoms with Crippen LogP contribution < -0.4 is 0 Å². The van der Waals surface area contributed by atoms with Crippen LogP contribution in [0.3, 0.4) is 0 Å². The maximum absolute atomic E-state index is 11.9. The van der Waals surface area contributed by atoms with Gasteiger partial charge in [0.05, 0.1) is 5.56 Å². The number of aliphatic hydroxyl groups excluding tert-OH is 2. The van der Waals surface area contributed by atoms with E-state index < -0.39 is 42.5 Å². The van der Waals surface area contributed by atoms with Gasteiger partial charge in [0.25, 0.3) is 0 Å². The van der Waals surface area contributed by atoms with Crippen LogP contribution in [-0.2, 0) is 14.3 Å². The second-order valence-corrected chi connectivity index (χ2v) is 5.28. The Labute approximate surface area is 132 Å². The van der Waals surface area contributed by atoms with Crippen molar-refractivity contribution in [1.29, 1.82) is 0 Å². The monoisotopic (exact) mass is 322 g/mol. The van der Waals surface area contributed by atoms with Gasteiger partial charge in [0.15, 0.2) is 11.7 Å². The van der Waals surface area contributed by atoms with Gasteiger partial charge in [-0.15, -0.1) is 0 Å². The van der Waals surface area contributed by atoms with Crippen LogP contribution in [0.2, 0.25) is 0 Å². The normalized spacial score (nSPS) is 29.8. The van der Waals surface area contributed by atoms with Gasteiger partial charge in [-0.05, 0) is 12.1 Å². The number of ether oxygens (including phenoxy) is 2. The van der Waals surface area contributed by atoms with Crippen LogP contribution in [0.4, 0.5) is 0 Å². The molecule has 0 radical (unpaired) electrons. The molecule has 0 saturated heterocycles. The van der Waals surface area contributed by atoms with Gasteiger partial charge >= 0.3 is 11.9 Å². The summed E-state index contributed by atoms with van der Waals surface area (Å²) in [7, 11) is 0. The van der Waals surface area contributed by atoms with Gasteiger partial charge < -0.3 is 24.8 Å². The molecule has 1 aromatic rings. The molecule has 0 saturated carbocycles. The molecule has 0 heterocycles. The summed E-state index contributed by atoms with van der Waals surface area (Å²) in [5.41, 5.74) is -1.88. The number of hydrogen-bond donors (Lipinski definition) is 3. The molecule has 0 aliphatic heterocycles. The summed E-state index contributed by atoms with van der Waals surface area (Å²) in [6.07, 6.45) is -1.91. The minimum Gasteiger partial charge on any atom is -0.459 e. The van der Waals surface area contributed by atoms with Crippen molar-refractivity contribution in [1.82, 2.24) is 0 Å². The summed E-state index contributed by atoms with van der Waals surface area (Å²) < 4.78 is 9.90. The number of esters is 2. The molecule has 23 heavy (non-hydrogen) atoms. The quantitative estimate of drug-likeness (QED) is 0.519. The topological polar surface area (TPSA) is 113 Å². The molecular weight excluding hydrogens is 304 g/mol. The van der Waals surface area contributed by atoms with Crippen molar-refractivity contribution < 1.29 is 34.4 Å². The van der Waals surface area contributed by atoms with Crippen molar-refractivity contribution in [2.45, 2.75) is 30.8 Å². The zero-order chi connectivity index (χ0) is 17.0. The van der Waals surface area contributed by atoms with E-state index in [9.17, 15) is 24.9 Å². The molecule has 0 bridgehead atoms. The van der Waals surface area contributed by atoms with Crippen molar-refractivity contribution >= 4 is 11.9 Å². The SMILES string of the molecule is CC(=O)O[C@@H]1[C@H](O)C=C[C@H](O)[C@]1(O)COC(=O)c1ccccc1. The summed E-state index contributed by atoms with van der Waals surface area (Å²) in [4.78, 5) is 23.1. The second kappa shape index (κ2) is 6.91. The lowest BCUT2D eigenvalue weighted by Crippen LogP contribution is -2.62. The maximum Gasteiger partial charge on any atom is 0.338 e. The Morgan fingerprint density at radius 1 is 1.17 bits per heavy atom. The Balaban J connectivity index is 2.14. The first kappa shape index (κ1) is 17.1. The lowest BCUT2D eigenvalue weighted by Gasteiger charge is -2.41. The first-order valence-corrected chi connectivity index (χ1v) is 7.01. The highest BCUT2D eigenvalue weighted by Gasteiger charge is 2.51. The van der Waals surface area contributed by atoms with Crippen molar-refractivity contribution in [3.05, 3.63) is 48.0 Å². The number of hydrogen-bond acceptors (Lipinski definition) is 7. The molecule has 0 fully saturated rings. The number of aliphatic hydroxyl groups is 3. The van der Waals surface area contributed by atoms with Crippen LogP contribution in [0.1, 0.15) is 17.3 Å². The largest absolute Gasteiger partial charge is 0.459 e. The fraction of sp³-hybridized carbons (Fsp3) is 0.375. The van der Waals surface area contributed by atoms with Gasteiger partial charge in [-0.1, -0.05) is 30.4 Å². The van der Waals surface area contributed by atoms with Crippen LogP contribution in [0.25, 0.3) is 0 Å². The predicted molar refractivity (Wildman–Crippen MR) is 78.4 cm³/mol. The summed E-state index contributed by atoms with van der Waals surface area (Å²) in [6, 6.07) is 8.08. The Morgan fingerprint density at radius 3 is 2.43 bits per heavy atom. The van der Waals surface area contributed by atoms with E-state index in [0.29, 0.717) is 0 Å². The molecule has 7 nitrogen and oxygen atoms in total. The van der Waals surface area contributed by atoms with Crippen LogP contribution in [0.5, 0.6) is 0 Å². The molecule has 0 aromatic heterocycles. The van der Waals surface area contributed by atoms with Gasteiger partial charge in [-0.2, -0.15) is 0 Å². The van der Waals surface area contributed by atoms with Crippen LogP contribution in [0, 0.1) is 0 Å². The molecule has 1 aliphatic carbocycles. The third-order valence-corrected chi connectivity index (χ3v) is 3.54. The standard InChI is InChI=1S/C16H18O7/c1-10(17)23-14-12(18)7-8-13(19)16(14,21)9-22-15(20)11-5-3-2-4-6-11/h2-8,12-14,18-19,21H,9H2,1H3/t12-,13+,14-,16-/m1/s1. The fourth-order valence-corrected chi connectivity index (χ4v) is 2.31. The van der Waals surface area contributed by atoms with E-state index in [-0.39, 0.29) is 5.56 Å². The van der Waals surface area contributed by atoms with E-state index in [2.05, 4.69) is 0 Å². The lowest BCUT2D eigenvalue weighted by molar-refractivity contribution is -0.204. The molecule has 124 valence electrons. The lowest BCUT2D eigenvalue weighted by atomic mass is 9.82. The van der Waals surface area contributed by atoms with E-state index in [4.69, 9.17) is 9.47 Å². The molecule has 7 heteroatoms. The van der Waals surface area contributed by atoms with Gasteiger partial charge in [-0.3, -0.25) is 4.79 Å². The molecule has 0 amide bonds. The van der Waals surface area contributed by atoms with Crippen LogP contribution in [-0.4, -0.2) is 57.8 Å². The van der Waals surface area contributed by atoms with Gasteiger partial charge in [0, 0.05) is 6.92 Å². The number of benzene rings is 1. The Bertz CT molecular complexity index is 598. The Morgan fingerprint density at radius 2 is 1.83 bits per heavy atom. The highest BCUT2D eigenvalue weighted by molar-refractivity contribution is 5.89. The van der Waals surface area contributed by atoms with Gasteiger partial charge in [0.2, 0.25) is 0 Å². The molecule has 0 unspecified atom stereocenters. The molecule has 2 rings (SSSR count). The van der Waals surface area contributed by atoms with E-state index in [0.717, 1.165) is 13.0 Å². The Kier molecular flexibility index (Phi) is 5.15. The van der Waals surface area contributed by atoms with Crippen molar-refractivity contribution in [2.24, 2.45) is 0 Å². The Hall–Kier alpha value is -2.22. The molecule has 1 aromatic carbocycles. The number of carbonyl (C=O) groups excluding carboxylic acids is 2. The van der Waals surface area contributed by atoms with Crippen molar-refractivity contribution in [3.63, 3.8) is 0 Å². The average Bonchev–Trinajstić information content (AvgIpc) is 2.54. The maximum atomic E-state index is 11.9. The van der Waals surface area contributed by atoms with Crippen LogP contribution >= 0.6 is 0 Å². The van der Waals surface area contributed by atoms with E-state index in [1.165, 1.54) is 18.2 Å². The van der Waals surface area contributed by atoms with Gasteiger partial charge in [0.1, 0.15) is 18.8 Å². The summed E-state index contributed by atoms with van der Waals surface area (Å²) in [5.74, 6) is -1.46. The highest BCUT2D eigenvalue weighted by atomic mass is 16.6. The van der Waals surface area contributed by atoms with Crippen LogP contribution in [0.15, 0.2) is 42.5 Å². The number of rotatable bonds is 4. The minimum absolute atomic E-state index is 0.265. The second-order valence-electron chi connectivity index (χ2n) is 5.28. The summed E-state index contributed by atoms with van der Waals surface area (Å²) in [6.45, 7) is 0.453. The summed E-state index contributed by atoms with van der Waals surface area (Å²) >= 11 is 0. The third-order valence-electron chi connectivity index (χ3n) is 3.54. The number of carbonyl (C=O) groups is 2. The zero-order valence-electron chi connectivity index (χ0n) is 12.5.